The van der Waals surface area contributed by atoms with Crippen LogP contribution >= 0.6 is 0 Å². The molecule has 0 spiro atoms. The van der Waals surface area contributed by atoms with Crippen LogP contribution in [0.25, 0.3) is 65.4 Å². The highest BCUT2D eigenvalue weighted by atomic mass is 16.3. The van der Waals surface area contributed by atoms with Crippen molar-refractivity contribution in [3.63, 3.8) is 0 Å². The van der Waals surface area contributed by atoms with Crippen molar-refractivity contribution < 1.29 is 8.83 Å². The zero-order valence-electron chi connectivity index (χ0n) is 37.5. The highest BCUT2D eigenvalue weighted by Crippen LogP contribution is 2.45. The van der Waals surface area contributed by atoms with Crippen LogP contribution in [0, 0.1) is 62.3 Å². The summed E-state index contributed by atoms with van der Waals surface area (Å²) in [7, 11) is 0. The van der Waals surface area contributed by atoms with Gasteiger partial charge in [0.2, 0.25) is 0 Å². The lowest BCUT2D eigenvalue weighted by molar-refractivity contribution is 0.661. The van der Waals surface area contributed by atoms with Gasteiger partial charge in [0, 0.05) is 50.3 Å². The Morgan fingerprint density at radius 1 is 0.286 bits per heavy atom. The van der Waals surface area contributed by atoms with E-state index in [2.05, 4.69) is 212 Å². The van der Waals surface area contributed by atoms with Gasteiger partial charge in [-0.2, -0.15) is 0 Å². The van der Waals surface area contributed by atoms with Gasteiger partial charge in [-0.25, -0.2) is 0 Å². The minimum absolute atomic E-state index is 0.850. The molecule has 0 aliphatic heterocycles. The third-order valence-corrected chi connectivity index (χ3v) is 12.6. The SMILES string of the molecule is Cc1cc(C)cc(N(c2cc(C)cc(C)c2)c2ccc3cc4c(cc3c2)oc2c4cc(C)c3oc4cc5cc(N(c6cc(C)cc(C)c6)c6cc(C)cc(C)c6)ccc5cc4c32)c1. The Morgan fingerprint density at radius 3 is 1.06 bits per heavy atom. The van der Waals surface area contributed by atoms with Crippen LogP contribution in [0.4, 0.5) is 34.1 Å². The summed E-state index contributed by atoms with van der Waals surface area (Å²) in [6, 6.07) is 51.9. The van der Waals surface area contributed by atoms with Gasteiger partial charge in [-0.15, -0.1) is 0 Å². The molecule has 11 aromatic rings. The van der Waals surface area contributed by atoms with E-state index < -0.39 is 0 Å². The van der Waals surface area contributed by atoms with E-state index in [0.29, 0.717) is 0 Å². The van der Waals surface area contributed by atoms with Gasteiger partial charge in [0.05, 0.1) is 5.39 Å². The smallest absolute Gasteiger partial charge is 0.147 e. The Bertz CT molecular complexity index is 3510. The maximum Gasteiger partial charge on any atom is 0.147 e. The predicted octanol–water partition coefficient (Wildman–Crippen LogP) is 17.5. The summed E-state index contributed by atoms with van der Waals surface area (Å²) in [6.45, 7) is 19.5. The van der Waals surface area contributed by atoms with E-state index in [9.17, 15) is 0 Å². The molecule has 0 atom stereocenters. The van der Waals surface area contributed by atoms with Crippen molar-refractivity contribution in [2.45, 2.75) is 62.3 Å². The van der Waals surface area contributed by atoms with Gasteiger partial charge in [0.1, 0.15) is 22.3 Å². The summed E-state index contributed by atoms with van der Waals surface area (Å²) in [5.74, 6) is 0. The number of anilines is 6. The van der Waals surface area contributed by atoms with Crippen LogP contribution in [0.5, 0.6) is 0 Å². The van der Waals surface area contributed by atoms with Gasteiger partial charge in [-0.1, -0.05) is 36.4 Å². The molecule has 0 saturated heterocycles. The molecule has 2 heterocycles. The van der Waals surface area contributed by atoms with Crippen LogP contribution in [0.3, 0.4) is 0 Å². The summed E-state index contributed by atoms with van der Waals surface area (Å²) in [4.78, 5) is 4.76. The van der Waals surface area contributed by atoms with E-state index >= 15 is 0 Å². The maximum atomic E-state index is 6.95. The van der Waals surface area contributed by atoms with Crippen LogP contribution in [0.1, 0.15) is 50.1 Å². The Hall–Kier alpha value is -7.30. The second kappa shape index (κ2) is 14.4. The van der Waals surface area contributed by atoms with Crippen LogP contribution < -0.4 is 9.80 Å². The molecular weight excluding hydrogens is 769 g/mol. The first-order valence-corrected chi connectivity index (χ1v) is 21.9. The molecule has 0 aliphatic rings. The summed E-state index contributed by atoms with van der Waals surface area (Å²) in [5.41, 5.74) is 21.2. The van der Waals surface area contributed by atoms with Crippen LogP contribution in [0.15, 0.2) is 148 Å². The molecule has 11 rings (SSSR count). The highest BCUT2D eigenvalue weighted by molar-refractivity contribution is 6.25. The fourth-order valence-corrected chi connectivity index (χ4v) is 10.3. The molecular formula is C59H50N2O2. The molecule has 2 aromatic heterocycles. The molecule has 0 fully saturated rings. The van der Waals surface area contributed by atoms with Gasteiger partial charge in [-0.3, -0.25) is 0 Å². The Labute approximate surface area is 368 Å². The fourth-order valence-electron chi connectivity index (χ4n) is 10.3. The summed E-state index contributed by atoms with van der Waals surface area (Å²) in [6.07, 6.45) is 0. The molecule has 0 aliphatic carbocycles. The summed E-state index contributed by atoms with van der Waals surface area (Å²) in [5, 5.41) is 8.85. The van der Waals surface area contributed by atoms with Crippen LogP contribution in [0.2, 0.25) is 0 Å². The van der Waals surface area contributed by atoms with Crippen LogP contribution in [-0.2, 0) is 0 Å². The number of hydrogen-bond acceptors (Lipinski definition) is 4. The lowest BCUT2D eigenvalue weighted by Gasteiger charge is -2.27. The molecule has 0 unspecified atom stereocenters. The van der Waals surface area contributed by atoms with Crippen molar-refractivity contribution >= 4 is 99.5 Å². The fraction of sp³-hybridized carbons (Fsp3) is 0.153. The van der Waals surface area contributed by atoms with E-state index in [1.807, 2.05) is 0 Å². The van der Waals surface area contributed by atoms with Gasteiger partial charge in [0.15, 0.2) is 0 Å². The van der Waals surface area contributed by atoms with E-state index in [-0.39, 0.29) is 0 Å². The number of aryl methyl sites for hydroxylation is 9. The highest BCUT2D eigenvalue weighted by Gasteiger charge is 2.22. The quantitative estimate of drug-likeness (QED) is 0.167. The van der Waals surface area contributed by atoms with Crippen molar-refractivity contribution in [3.05, 3.63) is 190 Å². The average molecular weight is 819 g/mol. The lowest BCUT2D eigenvalue weighted by atomic mass is 10.0. The topological polar surface area (TPSA) is 32.8 Å². The van der Waals surface area contributed by atoms with Crippen molar-refractivity contribution in [1.82, 2.24) is 0 Å². The molecule has 0 saturated carbocycles. The summed E-state index contributed by atoms with van der Waals surface area (Å²) < 4.78 is 13.7. The van der Waals surface area contributed by atoms with Gasteiger partial charge in [0.25, 0.3) is 0 Å². The van der Waals surface area contributed by atoms with Gasteiger partial charge in [-0.05, 0) is 237 Å². The second-order valence-electron chi connectivity index (χ2n) is 18.3. The first kappa shape index (κ1) is 38.6. The Balaban J connectivity index is 1.06. The summed E-state index contributed by atoms with van der Waals surface area (Å²) >= 11 is 0. The van der Waals surface area contributed by atoms with E-state index in [1.165, 1.54) is 49.9 Å². The normalized spacial score (nSPS) is 11.9. The maximum absolute atomic E-state index is 6.95. The molecule has 0 N–H and O–H groups in total. The average Bonchev–Trinajstić information content (AvgIpc) is 3.75. The van der Waals surface area contributed by atoms with E-state index in [4.69, 9.17) is 8.83 Å². The molecule has 4 nitrogen and oxygen atoms in total. The first-order chi connectivity index (χ1) is 30.3. The minimum atomic E-state index is 0.850. The Kier molecular flexibility index (Phi) is 8.82. The third kappa shape index (κ3) is 6.69. The molecule has 0 bridgehead atoms. The monoisotopic (exact) mass is 818 g/mol. The van der Waals surface area contributed by atoms with Crippen LogP contribution in [-0.4, -0.2) is 0 Å². The zero-order valence-corrected chi connectivity index (χ0v) is 37.5. The molecule has 4 heteroatoms. The van der Waals surface area contributed by atoms with E-state index in [0.717, 1.165) is 99.7 Å². The number of nitrogens with zero attached hydrogens (tertiary/aromatic N) is 2. The standard InChI is InChI=1S/C59H50N2O2/c1-33-14-34(2)19-48(18-33)60(49-20-35(3)15-36(4)21-49)46-12-10-42-29-52-53-26-41(9)58-57(59(53)63-55(52)31-44(42)27-46)54-30-43-11-13-47(28-45(43)32-56(54)62-58)61(50-22-37(5)16-38(6)23-50)51-24-39(7)17-40(8)25-51/h10-32H,1-9H3. The lowest BCUT2D eigenvalue weighted by Crippen LogP contribution is -2.11. The zero-order chi connectivity index (χ0) is 43.4. The number of fused-ring (bicyclic) bond motifs is 9. The predicted molar refractivity (Wildman–Crippen MR) is 268 cm³/mol. The second-order valence-corrected chi connectivity index (χ2v) is 18.3. The van der Waals surface area contributed by atoms with Crippen molar-refractivity contribution in [1.29, 1.82) is 0 Å². The number of rotatable bonds is 6. The third-order valence-electron chi connectivity index (χ3n) is 12.6. The largest absolute Gasteiger partial charge is 0.456 e. The number of furan rings is 2. The van der Waals surface area contributed by atoms with Gasteiger partial charge < -0.3 is 18.6 Å². The van der Waals surface area contributed by atoms with E-state index in [1.54, 1.807) is 0 Å². The van der Waals surface area contributed by atoms with Gasteiger partial charge >= 0.3 is 0 Å². The molecule has 9 aromatic carbocycles. The molecule has 63 heavy (non-hydrogen) atoms. The number of benzene rings is 9. The molecule has 0 radical (unpaired) electrons. The molecule has 308 valence electrons. The molecule has 0 amide bonds. The van der Waals surface area contributed by atoms with Crippen molar-refractivity contribution in [2.24, 2.45) is 0 Å². The first-order valence-electron chi connectivity index (χ1n) is 21.9. The van der Waals surface area contributed by atoms with Crippen molar-refractivity contribution in [2.75, 3.05) is 9.80 Å². The van der Waals surface area contributed by atoms with Crippen molar-refractivity contribution in [3.8, 4) is 0 Å². The number of hydrogen-bond donors (Lipinski definition) is 0. The Morgan fingerprint density at radius 2 is 0.651 bits per heavy atom. The minimum Gasteiger partial charge on any atom is -0.456 e.